The molecule has 1 aromatic carbocycles. The molecule has 27 heavy (non-hydrogen) atoms. The molecule has 1 aromatic rings. The molecule has 2 atom stereocenters. The molecule has 1 saturated heterocycles. The lowest BCUT2D eigenvalue weighted by Crippen LogP contribution is -2.57. The van der Waals surface area contributed by atoms with Crippen molar-refractivity contribution in [2.24, 2.45) is 11.7 Å². The first kappa shape index (κ1) is 21.4. The highest BCUT2D eigenvalue weighted by molar-refractivity contribution is 5.87. The molecule has 1 fully saturated rings. The van der Waals surface area contributed by atoms with Gasteiger partial charge in [0.2, 0.25) is 11.8 Å². The summed E-state index contributed by atoms with van der Waals surface area (Å²) in [6.07, 6.45) is 1.55. The summed E-state index contributed by atoms with van der Waals surface area (Å²) < 4.78 is 0. The zero-order valence-corrected chi connectivity index (χ0v) is 16.9. The highest BCUT2D eigenvalue weighted by Crippen LogP contribution is 2.25. The van der Waals surface area contributed by atoms with Gasteiger partial charge in [-0.15, -0.1) is 0 Å². The number of rotatable bonds is 8. The summed E-state index contributed by atoms with van der Waals surface area (Å²) in [4.78, 5) is 28.9. The highest BCUT2D eigenvalue weighted by atomic mass is 16.2. The van der Waals surface area contributed by atoms with Crippen LogP contribution in [-0.2, 0) is 16.1 Å². The third-order valence-corrected chi connectivity index (χ3v) is 5.07. The first-order valence-electron chi connectivity index (χ1n) is 9.95. The maximum absolute atomic E-state index is 12.6. The fraction of sp³-hybridized carbons (Fsp3) is 0.619. The molecule has 0 bridgehead atoms. The second kappa shape index (κ2) is 10.4. The van der Waals surface area contributed by atoms with Crippen LogP contribution in [0.3, 0.4) is 0 Å². The molecule has 0 aromatic heterocycles. The van der Waals surface area contributed by atoms with Crippen molar-refractivity contribution in [2.75, 3.05) is 26.2 Å². The number of likely N-dealkylation sites (tertiary alicyclic amines) is 1. The molecular weight excluding hydrogens is 340 g/mol. The van der Waals surface area contributed by atoms with E-state index < -0.39 is 6.04 Å². The number of benzene rings is 1. The summed E-state index contributed by atoms with van der Waals surface area (Å²) in [6.45, 7) is 9.25. The zero-order valence-electron chi connectivity index (χ0n) is 16.9. The Bertz CT molecular complexity index is 605. The van der Waals surface area contributed by atoms with E-state index in [2.05, 4.69) is 48.3 Å². The van der Waals surface area contributed by atoms with Gasteiger partial charge in [-0.2, -0.15) is 0 Å². The minimum absolute atomic E-state index is 0.0418. The molecule has 0 radical (unpaired) electrons. The van der Waals surface area contributed by atoms with Crippen molar-refractivity contribution in [3.05, 3.63) is 35.9 Å². The van der Waals surface area contributed by atoms with E-state index in [-0.39, 0.29) is 17.9 Å². The van der Waals surface area contributed by atoms with E-state index in [0.717, 1.165) is 19.5 Å². The van der Waals surface area contributed by atoms with Crippen molar-refractivity contribution < 1.29 is 9.59 Å². The van der Waals surface area contributed by atoms with E-state index in [1.807, 2.05) is 6.07 Å². The van der Waals surface area contributed by atoms with Gasteiger partial charge in [-0.25, -0.2) is 0 Å². The lowest BCUT2D eigenvalue weighted by Gasteiger charge is -2.43. The Morgan fingerprint density at radius 3 is 2.59 bits per heavy atom. The van der Waals surface area contributed by atoms with Gasteiger partial charge in [-0.3, -0.25) is 14.5 Å². The smallest absolute Gasteiger partial charge is 0.242 e. The Labute approximate surface area is 163 Å². The second-order valence-electron chi connectivity index (χ2n) is 7.80. The summed E-state index contributed by atoms with van der Waals surface area (Å²) in [5.41, 5.74) is 6.79. The number of nitrogens with one attached hydrogen (secondary N) is 1. The third-order valence-electron chi connectivity index (χ3n) is 5.07. The van der Waals surface area contributed by atoms with Gasteiger partial charge in [0.1, 0.15) is 6.04 Å². The minimum Gasteiger partial charge on any atom is -0.353 e. The number of piperidine rings is 1. The number of nitrogens with two attached hydrogens (primary N) is 1. The highest BCUT2D eigenvalue weighted by Gasteiger charge is 2.37. The predicted molar refractivity (Wildman–Crippen MR) is 108 cm³/mol. The van der Waals surface area contributed by atoms with E-state index in [1.54, 1.807) is 11.8 Å². The topological polar surface area (TPSA) is 78.7 Å². The molecule has 150 valence electrons. The van der Waals surface area contributed by atoms with Gasteiger partial charge in [-0.05, 0) is 24.3 Å². The van der Waals surface area contributed by atoms with Crippen LogP contribution in [0.4, 0.5) is 0 Å². The fourth-order valence-corrected chi connectivity index (χ4v) is 3.85. The van der Waals surface area contributed by atoms with Crippen molar-refractivity contribution in [3.8, 4) is 0 Å². The summed E-state index contributed by atoms with van der Waals surface area (Å²) in [5.74, 6) is 0.397. The molecular formula is C21H34N4O2. The Morgan fingerprint density at radius 1 is 1.30 bits per heavy atom. The van der Waals surface area contributed by atoms with Crippen LogP contribution in [0, 0.1) is 5.92 Å². The summed E-state index contributed by atoms with van der Waals surface area (Å²) in [7, 11) is 0. The maximum Gasteiger partial charge on any atom is 0.242 e. The summed E-state index contributed by atoms with van der Waals surface area (Å²) in [6, 6.07) is 10.3. The van der Waals surface area contributed by atoms with Crippen LogP contribution in [0.25, 0.3) is 0 Å². The molecule has 1 unspecified atom stereocenters. The molecule has 2 rings (SSSR count). The molecule has 3 N–H and O–H groups in total. The normalized spacial score (nSPS) is 20.1. The number of amides is 2. The van der Waals surface area contributed by atoms with Gasteiger partial charge in [0, 0.05) is 45.7 Å². The summed E-state index contributed by atoms with van der Waals surface area (Å²) >= 11 is 0. The second-order valence-corrected chi connectivity index (χ2v) is 7.80. The monoisotopic (exact) mass is 374 g/mol. The van der Waals surface area contributed by atoms with Crippen molar-refractivity contribution in [1.29, 1.82) is 0 Å². The van der Waals surface area contributed by atoms with Crippen molar-refractivity contribution >= 4 is 11.8 Å². The summed E-state index contributed by atoms with van der Waals surface area (Å²) in [5, 5.41) is 2.86. The SMILES string of the molecule is CC(=O)N1CCC(N(Cc2ccccc2)CC(C)C)C[C@@H]1C(=O)NCCN. The molecule has 2 amide bonds. The van der Waals surface area contributed by atoms with E-state index >= 15 is 0 Å². The molecule has 0 spiro atoms. The number of hydrogen-bond acceptors (Lipinski definition) is 4. The van der Waals surface area contributed by atoms with Gasteiger partial charge in [0.15, 0.2) is 0 Å². The molecule has 1 heterocycles. The number of hydrogen-bond donors (Lipinski definition) is 2. The van der Waals surface area contributed by atoms with E-state index in [9.17, 15) is 9.59 Å². The predicted octanol–water partition coefficient (Wildman–Crippen LogP) is 1.60. The van der Waals surface area contributed by atoms with Crippen LogP contribution in [0.2, 0.25) is 0 Å². The van der Waals surface area contributed by atoms with E-state index in [1.165, 1.54) is 5.56 Å². The molecule has 0 aliphatic carbocycles. The maximum atomic E-state index is 12.6. The van der Waals surface area contributed by atoms with Crippen molar-refractivity contribution in [2.45, 2.75) is 52.2 Å². The lowest BCUT2D eigenvalue weighted by atomic mass is 9.93. The lowest BCUT2D eigenvalue weighted by molar-refractivity contribution is -0.142. The minimum atomic E-state index is -0.418. The zero-order chi connectivity index (χ0) is 19.8. The Balaban J connectivity index is 2.15. The van der Waals surface area contributed by atoms with Gasteiger partial charge in [0.25, 0.3) is 0 Å². The number of carbonyl (C=O) groups excluding carboxylic acids is 2. The van der Waals surface area contributed by atoms with E-state index in [0.29, 0.717) is 32.0 Å². The van der Waals surface area contributed by atoms with Crippen LogP contribution in [0.15, 0.2) is 30.3 Å². The largest absolute Gasteiger partial charge is 0.353 e. The van der Waals surface area contributed by atoms with Crippen molar-refractivity contribution in [3.63, 3.8) is 0 Å². The molecule has 0 saturated carbocycles. The molecule has 1 aliphatic heterocycles. The first-order chi connectivity index (χ1) is 12.9. The van der Waals surface area contributed by atoms with Crippen LogP contribution in [0.5, 0.6) is 0 Å². The standard InChI is InChI=1S/C21H34N4O2/c1-16(2)14-24(15-18-7-5-4-6-8-18)19-9-12-25(17(3)26)20(13-19)21(27)23-11-10-22/h4-8,16,19-20H,9-15,22H2,1-3H3,(H,23,27)/t19?,20-/m1/s1. The van der Waals surface area contributed by atoms with E-state index in [4.69, 9.17) is 5.73 Å². The van der Waals surface area contributed by atoms with Gasteiger partial charge in [-0.1, -0.05) is 44.2 Å². The average Bonchev–Trinajstić information content (AvgIpc) is 2.65. The Hall–Kier alpha value is -1.92. The first-order valence-corrected chi connectivity index (χ1v) is 9.95. The Morgan fingerprint density at radius 2 is 2.00 bits per heavy atom. The van der Waals surface area contributed by atoms with Gasteiger partial charge in [0.05, 0.1) is 0 Å². The number of nitrogens with zero attached hydrogens (tertiary/aromatic N) is 2. The van der Waals surface area contributed by atoms with Gasteiger partial charge >= 0.3 is 0 Å². The average molecular weight is 375 g/mol. The van der Waals surface area contributed by atoms with Crippen LogP contribution in [-0.4, -0.2) is 59.9 Å². The molecule has 1 aliphatic rings. The van der Waals surface area contributed by atoms with Crippen LogP contribution < -0.4 is 11.1 Å². The third kappa shape index (κ3) is 6.33. The van der Waals surface area contributed by atoms with Gasteiger partial charge < -0.3 is 16.0 Å². The number of carbonyl (C=O) groups is 2. The quantitative estimate of drug-likeness (QED) is 0.724. The fourth-order valence-electron chi connectivity index (χ4n) is 3.85. The molecule has 6 heteroatoms. The molecule has 6 nitrogen and oxygen atoms in total. The van der Waals surface area contributed by atoms with Crippen LogP contribution >= 0.6 is 0 Å². The van der Waals surface area contributed by atoms with Crippen LogP contribution in [0.1, 0.15) is 39.2 Å². The Kier molecular flexibility index (Phi) is 8.25. The van der Waals surface area contributed by atoms with Crippen molar-refractivity contribution in [1.82, 2.24) is 15.1 Å².